The molecular formula is C17H16N4O2. The number of nitrogens with one attached hydrogen (secondary N) is 1. The van der Waals surface area contributed by atoms with Crippen LogP contribution in [0.5, 0.6) is 0 Å². The van der Waals surface area contributed by atoms with Gasteiger partial charge in [-0.25, -0.2) is 4.98 Å². The molecule has 0 atom stereocenters. The van der Waals surface area contributed by atoms with Crippen LogP contribution in [0, 0.1) is 0 Å². The molecule has 3 rings (SSSR count). The van der Waals surface area contributed by atoms with Crippen molar-refractivity contribution < 1.29 is 9.59 Å². The molecule has 1 amide bonds. The van der Waals surface area contributed by atoms with E-state index in [1.54, 1.807) is 48.0 Å². The Labute approximate surface area is 132 Å². The third kappa shape index (κ3) is 2.78. The lowest BCUT2D eigenvalue weighted by atomic mass is 10.1. The fourth-order valence-corrected chi connectivity index (χ4v) is 2.34. The predicted octanol–water partition coefficient (Wildman–Crippen LogP) is 2.61. The number of hydrogen-bond donors (Lipinski definition) is 2. The maximum atomic E-state index is 12.3. The number of aryl methyl sites for hydroxylation is 1. The predicted molar refractivity (Wildman–Crippen MR) is 89.5 cm³/mol. The van der Waals surface area contributed by atoms with Gasteiger partial charge in [0.1, 0.15) is 0 Å². The van der Waals surface area contributed by atoms with Gasteiger partial charge in [0.2, 0.25) is 5.95 Å². The molecular weight excluding hydrogens is 292 g/mol. The number of benzene rings is 2. The van der Waals surface area contributed by atoms with Gasteiger partial charge < -0.3 is 10.3 Å². The fraction of sp³-hybridized carbons (Fsp3) is 0.118. The van der Waals surface area contributed by atoms with E-state index >= 15 is 0 Å². The zero-order valence-electron chi connectivity index (χ0n) is 12.8. The molecule has 116 valence electrons. The summed E-state index contributed by atoms with van der Waals surface area (Å²) in [5, 5.41) is 2.77. The van der Waals surface area contributed by atoms with Gasteiger partial charge in [0.05, 0.1) is 11.0 Å². The van der Waals surface area contributed by atoms with Crippen molar-refractivity contribution in [1.82, 2.24) is 9.55 Å². The second-order valence-corrected chi connectivity index (χ2v) is 5.33. The molecule has 0 saturated carbocycles. The highest BCUT2D eigenvalue weighted by Crippen LogP contribution is 2.20. The van der Waals surface area contributed by atoms with Crippen molar-refractivity contribution in [2.45, 2.75) is 6.92 Å². The monoisotopic (exact) mass is 308 g/mol. The van der Waals surface area contributed by atoms with Crippen LogP contribution in [0.4, 0.5) is 11.6 Å². The van der Waals surface area contributed by atoms with Crippen molar-refractivity contribution in [3.8, 4) is 0 Å². The quantitative estimate of drug-likeness (QED) is 0.575. The van der Waals surface area contributed by atoms with E-state index in [4.69, 9.17) is 5.73 Å². The zero-order valence-corrected chi connectivity index (χ0v) is 12.8. The van der Waals surface area contributed by atoms with Gasteiger partial charge >= 0.3 is 0 Å². The summed E-state index contributed by atoms with van der Waals surface area (Å²) in [5.74, 6) is 0.128. The van der Waals surface area contributed by atoms with Gasteiger partial charge in [0.25, 0.3) is 5.91 Å². The van der Waals surface area contributed by atoms with Gasteiger partial charge in [-0.15, -0.1) is 0 Å². The van der Waals surface area contributed by atoms with Crippen LogP contribution in [0.15, 0.2) is 42.5 Å². The Kier molecular flexibility index (Phi) is 3.57. The molecule has 0 aliphatic rings. The lowest BCUT2D eigenvalue weighted by Gasteiger charge is -2.05. The smallest absolute Gasteiger partial charge is 0.257 e. The Balaban J connectivity index is 1.93. The van der Waals surface area contributed by atoms with E-state index < -0.39 is 0 Å². The number of Topliss-reactive ketones (excluding diaryl/α,β-unsaturated/α-hetero) is 1. The third-order valence-corrected chi connectivity index (χ3v) is 3.69. The summed E-state index contributed by atoms with van der Waals surface area (Å²) in [4.78, 5) is 28.1. The van der Waals surface area contributed by atoms with Gasteiger partial charge in [-0.2, -0.15) is 0 Å². The number of aromatic nitrogens is 2. The molecule has 6 nitrogen and oxygen atoms in total. The Hall–Kier alpha value is -3.15. The SMILES string of the molecule is CC(=O)c1ccc2c(c1)nc(NC(=O)c1ccc(N)cc1)n2C. The molecule has 0 aliphatic heterocycles. The van der Waals surface area contributed by atoms with Crippen molar-refractivity contribution in [1.29, 1.82) is 0 Å². The van der Waals surface area contributed by atoms with Crippen LogP contribution in [0.2, 0.25) is 0 Å². The van der Waals surface area contributed by atoms with Crippen molar-refractivity contribution >= 4 is 34.4 Å². The Morgan fingerprint density at radius 2 is 1.74 bits per heavy atom. The number of nitrogen functional groups attached to an aromatic ring is 1. The highest BCUT2D eigenvalue weighted by molar-refractivity contribution is 6.04. The van der Waals surface area contributed by atoms with Crippen LogP contribution in [0.1, 0.15) is 27.6 Å². The molecule has 0 radical (unpaired) electrons. The molecule has 1 heterocycles. The van der Waals surface area contributed by atoms with Crippen LogP contribution in [0.3, 0.4) is 0 Å². The van der Waals surface area contributed by atoms with E-state index in [0.717, 1.165) is 5.52 Å². The third-order valence-electron chi connectivity index (χ3n) is 3.69. The van der Waals surface area contributed by atoms with Crippen molar-refractivity contribution in [3.63, 3.8) is 0 Å². The van der Waals surface area contributed by atoms with Gasteiger partial charge in [0, 0.05) is 23.9 Å². The van der Waals surface area contributed by atoms with Gasteiger partial charge in [-0.3, -0.25) is 14.9 Å². The van der Waals surface area contributed by atoms with Crippen LogP contribution >= 0.6 is 0 Å². The van der Waals surface area contributed by atoms with E-state index in [9.17, 15) is 9.59 Å². The number of hydrogen-bond acceptors (Lipinski definition) is 4. The number of carbonyl (C=O) groups excluding carboxylic acids is 2. The van der Waals surface area contributed by atoms with E-state index in [-0.39, 0.29) is 11.7 Å². The number of rotatable bonds is 3. The van der Waals surface area contributed by atoms with Gasteiger partial charge in [0.15, 0.2) is 5.78 Å². The normalized spacial score (nSPS) is 10.7. The number of amides is 1. The molecule has 23 heavy (non-hydrogen) atoms. The molecule has 0 bridgehead atoms. The highest BCUT2D eigenvalue weighted by atomic mass is 16.1. The lowest BCUT2D eigenvalue weighted by molar-refractivity contribution is 0.101. The molecule has 0 saturated heterocycles. The molecule has 0 spiro atoms. The maximum Gasteiger partial charge on any atom is 0.257 e. The molecule has 0 fully saturated rings. The first-order valence-corrected chi connectivity index (χ1v) is 7.10. The first-order valence-electron chi connectivity index (χ1n) is 7.10. The minimum atomic E-state index is -0.268. The Morgan fingerprint density at radius 1 is 1.09 bits per heavy atom. The molecule has 6 heteroatoms. The van der Waals surface area contributed by atoms with Gasteiger partial charge in [-0.1, -0.05) is 0 Å². The summed E-state index contributed by atoms with van der Waals surface area (Å²) in [5.41, 5.74) is 8.80. The number of ketones is 1. The molecule has 1 aromatic heterocycles. The van der Waals surface area contributed by atoms with Crippen LogP contribution in [-0.2, 0) is 7.05 Å². The summed E-state index contributed by atoms with van der Waals surface area (Å²) in [6, 6.07) is 11.9. The van der Waals surface area contributed by atoms with E-state index in [1.807, 2.05) is 6.07 Å². The average Bonchev–Trinajstić information content (AvgIpc) is 2.83. The maximum absolute atomic E-state index is 12.3. The summed E-state index contributed by atoms with van der Waals surface area (Å²) < 4.78 is 1.77. The minimum Gasteiger partial charge on any atom is -0.399 e. The number of nitrogens with zero attached hydrogens (tertiary/aromatic N) is 2. The van der Waals surface area contributed by atoms with Crippen molar-refractivity contribution in [3.05, 3.63) is 53.6 Å². The largest absolute Gasteiger partial charge is 0.399 e. The summed E-state index contributed by atoms with van der Waals surface area (Å²) in [6.07, 6.45) is 0. The molecule has 3 aromatic rings. The topological polar surface area (TPSA) is 90.0 Å². The van der Waals surface area contributed by atoms with Crippen LogP contribution in [-0.4, -0.2) is 21.2 Å². The zero-order chi connectivity index (χ0) is 16.6. The lowest BCUT2D eigenvalue weighted by Crippen LogP contribution is -2.15. The van der Waals surface area contributed by atoms with Crippen LogP contribution in [0.25, 0.3) is 11.0 Å². The number of fused-ring (bicyclic) bond motifs is 1. The van der Waals surface area contributed by atoms with Crippen LogP contribution < -0.4 is 11.1 Å². The van der Waals surface area contributed by atoms with E-state index in [1.165, 1.54) is 6.92 Å². The molecule has 3 N–H and O–H groups in total. The van der Waals surface area contributed by atoms with Crippen molar-refractivity contribution in [2.75, 3.05) is 11.1 Å². The second kappa shape index (κ2) is 5.57. The summed E-state index contributed by atoms with van der Waals surface area (Å²) >= 11 is 0. The van der Waals surface area contributed by atoms with Gasteiger partial charge in [-0.05, 0) is 49.4 Å². The summed E-state index contributed by atoms with van der Waals surface area (Å²) in [7, 11) is 1.81. The first-order chi connectivity index (χ1) is 11.0. The standard InChI is InChI=1S/C17H16N4O2/c1-10(22)12-5-8-15-14(9-12)19-17(21(15)2)20-16(23)11-3-6-13(18)7-4-11/h3-9H,18H2,1-2H3,(H,19,20,23). The number of imidazole rings is 1. The number of nitrogens with two attached hydrogens (primary N) is 1. The van der Waals surface area contributed by atoms with E-state index in [2.05, 4.69) is 10.3 Å². The number of carbonyl (C=O) groups is 2. The number of anilines is 2. The molecule has 2 aromatic carbocycles. The van der Waals surface area contributed by atoms with E-state index in [0.29, 0.717) is 28.3 Å². The highest BCUT2D eigenvalue weighted by Gasteiger charge is 2.13. The van der Waals surface area contributed by atoms with Crippen molar-refractivity contribution in [2.24, 2.45) is 7.05 Å². The fourth-order valence-electron chi connectivity index (χ4n) is 2.34. The Morgan fingerprint density at radius 3 is 2.39 bits per heavy atom. The first kappa shape index (κ1) is 14.8. The molecule has 0 aliphatic carbocycles. The molecule has 0 unspecified atom stereocenters. The average molecular weight is 308 g/mol. The second-order valence-electron chi connectivity index (χ2n) is 5.33. The Bertz CT molecular complexity index is 910. The minimum absolute atomic E-state index is 0.0231. The summed E-state index contributed by atoms with van der Waals surface area (Å²) in [6.45, 7) is 1.51.